The van der Waals surface area contributed by atoms with Crippen LogP contribution in [0.3, 0.4) is 0 Å². The van der Waals surface area contributed by atoms with E-state index in [1.54, 1.807) is 18.2 Å². The van der Waals surface area contributed by atoms with Gasteiger partial charge in [0.05, 0.1) is 23.6 Å². The first kappa shape index (κ1) is 13.0. The topological polar surface area (TPSA) is 107 Å². The predicted octanol–water partition coefficient (Wildman–Crippen LogP) is 2.28. The van der Waals surface area contributed by atoms with Crippen molar-refractivity contribution in [3.05, 3.63) is 39.7 Å². The molecule has 0 fully saturated rings. The standard InChI is InChI=1S/C13H7BrN4O/c14-8-1-2-9-11(3-8)19-13(18)10(6-17)12(9)7(4-15)5-16/h1-3,7,12H,18H2. The predicted molar refractivity (Wildman–Crippen MR) is 69.1 cm³/mol. The second kappa shape index (κ2) is 5.02. The normalized spacial score (nSPS) is 16.9. The van der Waals surface area contributed by atoms with E-state index < -0.39 is 11.8 Å². The Morgan fingerprint density at radius 3 is 2.53 bits per heavy atom. The minimum absolute atomic E-state index is 0.0615. The zero-order chi connectivity index (χ0) is 14.0. The van der Waals surface area contributed by atoms with E-state index in [1.165, 1.54) is 0 Å². The molecule has 0 amide bonds. The number of allylic oxidation sites excluding steroid dienone is 1. The highest BCUT2D eigenvalue weighted by atomic mass is 79.9. The Morgan fingerprint density at radius 1 is 1.26 bits per heavy atom. The third-order valence-electron chi connectivity index (χ3n) is 2.84. The van der Waals surface area contributed by atoms with E-state index in [-0.39, 0.29) is 11.5 Å². The average molecular weight is 315 g/mol. The monoisotopic (exact) mass is 314 g/mol. The largest absolute Gasteiger partial charge is 0.440 e. The van der Waals surface area contributed by atoms with Gasteiger partial charge in [0.25, 0.3) is 0 Å². The minimum atomic E-state index is -0.989. The molecule has 0 bridgehead atoms. The van der Waals surface area contributed by atoms with Gasteiger partial charge in [0, 0.05) is 10.0 Å². The number of nitrogens with two attached hydrogens (primary N) is 1. The number of ether oxygens (including phenoxy) is 1. The van der Waals surface area contributed by atoms with Gasteiger partial charge in [0.1, 0.15) is 17.7 Å². The molecule has 0 saturated heterocycles. The van der Waals surface area contributed by atoms with Crippen LogP contribution < -0.4 is 10.5 Å². The maximum Gasteiger partial charge on any atom is 0.205 e. The van der Waals surface area contributed by atoms with Gasteiger partial charge in [0.15, 0.2) is 0 Å². The van der Waals surface area contributed by atoms with Crippen LogP contribution in [0.15, 0.2) is 34.1 Å². The third-order valence-corrected chi connectivity index (χ3v) is 3.33. The van der Waals surface area contributed by atoms with E-state index in [9.17, 15) is 0 Å². The average Bonchev–Trinajstić information content (AvgIpc) is 2.39. The lowest BCUT2D eigenvalue weighted by molar-refractivity contribution is 0.383. The van der Waals surface area contributed by atoms with Gasteiger partial charge in [-0.25, -0.2) is 0 Å². The summed E-state index contributed by atoms with van der Waals surface area (Å²) in [5.41, 5.74) is 6.42. The molecule has 1 heterocycles. The first-order valence-corrected chi connectivity index (χ1v) is 6.08. The van der Waals surface area contributed by atoms with E-state index in [0.717, 1.165) is 4.47 Å². The van der Waals surface area contributed by atoms with Crippen LogP contribution in [0.5, 0.6) is 5.75 Å². The number of halogens is 1. The highest BCUT2D eigenvalue weighted by molar-refractivity contribution is 9.10. The fraction of sp³-hybridized carbons (Fsp3) is 0.154. The molecular formula is C13H7BrN4O. The van der Waals surface area contributed by atoms with Gasteiger partial charge in [-0.1, -0.05) is 22.0 Å². The number of benzene rings is 1. The van der Waals surface area contributed by atoms with Crippen LogP contribution in [-0.4, -0.2) is 0 Å². The van der Waals surface area contributed by atoms with E-state index in [2.05, 4.69) is 15.9 Å². The summed E-state index contributed by atoms with van der Waals surface area (Å²) in [5, 5.41) is 27.3. The van der Waals surface area contributed by atoms with Gasteiger partial charge in [-0.05, 0) is 12.1 Å². The Hall–Kier alpha value is -2.49. The molecular weight excluding hydrogens is 308 g/mol. The molecule has 19 heavy (non-hydrogen) atoms. The number of hydrogen-bond donors (Lipinski definition) is 1. The highest BCUT2D eigenvalue weighted by Gasteiger charge is 2.35. The van der Waals surface area contributed by atoms with Gasteiger partial charge in [-0.3, -0.25) is 0 Å². The zero-order valence-corrected chi connectivity index (χ0v) is 11.2. The Morgan fingerprint density at radius 2 is 1.95 bits per heavy atom. The first-order chi connectivity index (χ1) is 9.12. The van der Waals surface area contributed by atoms with E-state index in [1.807, 2.05) is 18.2 Å². The number of nitriles is 3. The molecule has 1 aliphatic heterocycles. The molecule has 2 rings (SSSR count). The second-order valence-corrected chi connectivity index (χ2v) is 4.80. The molecule has 1 aliphatic rings. The lowest BCUT2D eigenvalue weighted by Gasteiger charge is -2.26. The van der Waals surface area contributed by atoms with Crippen molar-refractivity contribution >= 4 is 15.9 Å². The quantitative estimate of drug-likeness (QED) is 0.855. The van der Waals surface area contributed by atoms with Crippen LogP contribution in [0.2, 0.25) is 0 Å². The number of fused-ring (bicyclic) bond motifs is 1. The zero-order valence-electron chi connectivity index (χ0n) is 9.59. The Bertz CT molecular complexity index is 676. The maximum absolute atomic E-state index is 9.16. The lowest BCUT2D eigenvalue weighted by Crippen LogP contribution is -2.24. The molecule has 0 saturated carbocycles. The van der Waals surface area contributed by atoms with Crippen molar-refractivity contribution in [2.24, 2.45) is 11.7 Å². The fourth-order valence-electron chi connectivity index (χ4n) is 1.98. The molecule has 0 radical (unpaired) electrons. The van der Waals surface area contributed by atoms with Crippen molar-refractivity contribution in [2.45, 2.75) is 5.92 Å². The summed E-state index contributed by atoms with van der Waals surface area (Å²) >= 11 is 3.30. The van der Waals surface area contributed by atoms with Crippen molar-refractivity contribution in [1.82, 2.24) is 0 Å². The summed E-state index contributed by atoms with van der Waals surface area (Å²) in [6, 6.07) is 10.9. The molecule has 0 aliphatic carbocycles. The van der Waals surface area contributed by atoms with Crippen molar-refractivity contribution in [3.8, 4) is 24.0 Å². The van der Waals surface area contributed by atoms with Crippen molar-refractivity contribution in [2.75, 3.05) is 0 Å². The number of nitrogens with zero attached hydrogens (tertiary/aromatic N) is 3. The molecule has 5 nitrogen and oxygen atoms in total. The summed E-state index contributed by atoms with van der Waals surface area (Å²) in [5.74, 6) is -1.28. The molecule has 1 atom stereocenters. The van der Waals surface area contributed by atoms with Gasteiger partial charge >= 0.3 is 0 Å². The SMILES string of the molecule is N#CC1=C(N)Oc2cc(Br)ccc2C1C(C#N)C#N. The number of rotatable bonds is 1. The number of hydrogen-bond acceptors (Lipinski definition) is 5. The Labute approximate surface area is 118 Å². The highest BCUT2D eigenvalue weighted by Crippen LogP contribution is 2.42. The summed E-state index contributed by atoms with van der Waals surface area (Å²) in [7, 11) is 0. The van der Waals surface area contributed by atoms with Crippen molar-refractivity contribution < 1.29 is 4.74 Å². The molecule has 92 valence electrons. The van der Waals surface area contributed by atoms with Crippen LogP contribution in [-0.2, 0) is 0 Å². The molecule has 2 N–H and O–H groups in total. The van der Waals surface area contributed by atoms with Crippen LogP contribution in [0.1, 0.15) is 11.5 Å². The van der Waals surface area contributed by atoms with E-state index in [0.29, 0.717) is 11.3 Å². The summed E-state index contributed by atoms with van der Waals surface area (Å²) < 4.78 is 6.15. The smallest absolute Gasteiger partial charge is 0.205 e. The minimum Gasteiger partial charge on any atom is -0.440 e. The van der Waals surface area contributed by atoms with Crippen LogP contribution >= 0.6 is 15.9 Å². The van der Waals surface area contributed by atoms with Crippen LogP contribution in [0, 0.1) is 39.9 Å². The Kier molecular flexibility index (Phi) is 3.42. The molecule has 6 heteroatoms. The maximum atomic E-state index is 9.16. The molecule has 0 aromatic heterocycles. The van der Waals surface area contributed by atoms with Gasteiger partial charge in [0.2, 0.25) is 5.88 Å². The summed E-state index contributed by atoms with van der Waals surface area (Å²) in [4.78, 5) is 0. The summed E-state index contributed by atoms with van der Waals surface area (Å²) in [6.45, 7) is 0. The van der Waals surface area contributed by atoms with Crippen LogP contribution in [0.4, 0.5) is 0 Å². The van der Waals surface area contributed by atoms with Crippen molar-refractivity contribution in [1.29, 1.82) is 15.8 Å². The summed E-state index contributed by atoms with van der Waals surface area (Å²) in [6.07, 6.45) is 0. The molecule has 1 aromatic rings. The van der Waals surface area contributed by atoms with Gasteiger partial charge < -0.3 is 10.5 Å². The Balaban J connectivity index is 2.66. The first-order valence-electron chi connectivity index (χ1n) is 5.28. The fourth-order valence-corrected chi connectivity index (χ4v) is 2.32. The second-order valence-electron chi connectivity index (χ2n) is 3.89. The van der Waals surface area contributed by atoms with Crippen molar-refractivity contribution in [3.63, 3.8) is 0 Å². The van der Waals surface area contributed by atoms with Gasteiger partial charge in [-0.2, -0.15) is 15.8 Å². The van der Waals surface area contributed by atoms with E-state index in [4.69, 9.17) is 26.3 Å². The lowest BCUT2D eigenvalue weighted by atomic mass is 9.80. The molecule has 1 unspecified atom stereocenters. The van der Waals surface area contributed by atoms with Gasteiger partial charge in [-0.15, -0.1) is 0 Å². The molecule has 1 aromatic carbocycles. The van der Waals surface area contributed by atoms with E-state index >= 15 is 0 Å². The van der Waals surface area contributed by atoms with Crippen LogP contribution in [0.25, 0.3) is 0 Å². The third kappa shape index (κ3) is 2.12. The molecule has 0 spiro atoms.